The predicted octanol–water partition coefficient (Wildman–Crippen LogP) is 3.62. The molecule has 6 heteroatoms. The molecule has 106 valence electrons. The van der Waals surface area contributed by atoms with Gasteiger partial charge in [-0.2, -0.15) is 4.98 Å². The van der Waals surface area contributed by atoms with Crippen molar-refractivity contribution in [3.63, 3.8) is 0 Å². The summed E-state index contributed by atoms with van der Waals surface area (Å²) in [5, 5.41) is 6.69. The topological polar surface area (TPSA) is 59.1 Å². The van der Waals surface area contributed by atoms with Crippen molar-refractivity contribution < 1.29 is 4.74 Å². The fourth-order valence-corrected chi connectivity index (χ4v) is 1.88. The number of hydrogen-bond acceptors (Lipinski definition) is 5. The van der Waals surface area contributed by atoms with Gasteiger partial charge in [0.05, 0.1) is 19.0 Å². The summed E-state index contributed by atoms with van der Waals surface area (Å²) in [5.41, 5.74) is 1.93. The molecule has 0 saturated carbocycles. The van der Waals surface area contributed by atoms with E-state index < -0.39 is 0 Å². The van der Waals surface area contributed by atoms with E-state index in [1.165, 1.54) is 0 Å². The summed E-state index contributed by atoms with van der Waals surface area (Å²) < 4.78 is 5.33. The van der Waals surface area contributed by atoms with Gasteiger partial charge < -0.3 is 15.4 Å². The van der Waals surface area contributed by atoms with Crippen LogP contribution in [0.3, 0.4) is 0 Å². The summed E-state index contributed by atoms with van der Waals surface area (Å²) >= 11 is 6.13. The maximum absolute atomic E-state index is 6.13. The molecule has 0 spiro atoms. The molecule has 0 radical (unpaired) electrons. The van der Waals surface area contributed by atoms with Gasteiger partial charge in [-0.25, -0.2) is 4.98 Å². The number of nitrogens with zero attached hydrogens (tertiary/aromatic N) is 2. The molecule has 20 heavy (non-hydrogen) atoms. The first-order valence-electron chi connectivity index (χ1n) is 6.32. The molecule has 0 atom stereocenters. The van der Waals surface area contributed by atoms with Gasteiger partial charge in [0, 0.05) is 6.54 Å². The molecule has 5 nitrogen and oxygen atoms in total. The van der Waals surface area contributed by atoms with Crippen molar-refractivity contribution in [2.75, 3.05) is 24.3 Å². The highest BCUT2D eigenvalue weighted by Crippen LogP contribution is 2.30. The van der Waals surface area contributed by atoms with Crippen LogP contribution in [0.2, 0.25) is 5.02 Å². The van der Waals surface area contributed by atoms with Crippen molar-refractivity contribution in [3.8, 4) is 5.75 Å². The van der Waals surface area contributed by atoms with Crippen LogP contribution in [-0.2, 0) is 0 Å². The standard InChI is InChI=1S/C14H17ClN4O/c1-4-16-14-17-8-10(15)13(19-14)18-11-7-9(2)5-6-12(11)20-3/h5-8H,4H2,1-3H3,(H2,16,17,18,19). The van der Waals surface area contributed by atoms with Gasteiger partial charge in [-0.15, -0.1) is 0 Å². The zero-order chi connectivity index (χ0) is 14.5. The van der Waals surface area contributed by atoms with Crippen molar-refractivity contribution in [2.24, 2.45) is 0 Å². The lowest BCUT2D eigenvalue weighted by atomic mass is 10.2. The van der Waals surface area contributed by atoms with Gasteiger partial charge in [-0.05, 0) is 31.5 Å². The minimum atomic E-state index is 0.454. The SMILES string of the molecule is CCNc1ncc(Cl)c(Nc2cc(C)ccc2OC)n1. The molecule has 2 aromatic rings. The number of aromatic nitrogens is 2. The van der Waals surface area contributed by atoms with Crippen LogP contribution in [0.15, 0.2) is 24.4 Å². The lowest BCUT2D eigenvalue weighted by Crippen LogP contribution is -2.05. The third kappa shape index (κ3) is 3.30. The Bertz CT molecular complexity index is 604. The number of benzene rings is 1. The number of hydrogen-bond donors (Lipinski definition) is 2. The van der Waals surface area contributed by atoms with Gasteiger partial charge in [0.2, 0.25) is 5.95 Å². The van der Waals surface area contributed by atoms with E-state index in [1.54, 1.807) is 13.3 Å². The Kier molecular flexibility index (Phi) is 4.63. The van der Waals surface area contributed by atoms with E-state index in [2.05, 4.69) is 20.6 Å². The molecule has 0 amide bonds. The minimum absolute atomic E-state index is 0.454. The van der Waals surface area contributed by atoms with Crippen molar-refractivity contribution in [1.29, 1.82) is 0 Å². The maximum atomic E-state index is 6.13. The Morgan fingerprint density at radius 2 is 2.15 bits per heavy atom. The van der Waals surface area contributed by atoms with Gasteiger partial charge in [0.15, 0.2) is 5.82 Å². The highest BCUT2D eigenvalue weighted by Gasteiger charge is 2.09. The Morgan fingerprint density at radius 1 is 1.35 bits per heavy atom. The average Bonchev–Trinajstić information content (AvgIpc) is 2.43. The van der Waals surface area contributed by atoms with Crippen LogP contribution in [0.25, 0.3) is 0 Å². The molecule has 1 heterocycles. The van der Waals surface area contributed by atoms with Crippen LogP contribution in [0.4, 0.5) is 17.5 Å². The molecule has 0 fully saturated rings. The van der Waals surface area contributed by atoms with Crippen molar-refractivity contribution in [3.05, 3.63) is 35.0 Å². The van der Waals surface area contributed by atoms with E-state index >= 15 is 0 Å². The van der Waals surface area contributed by atoms with E-state index in [4.69, 9.17) is 16.3 Å². The van der Waals surface area contributed by atoms with Gasteiger partial charge in [-0.1, -0.05) is 17.7 Å². The Labute approximate surface area is 123 Å². The molecule has 0 aliphatic carbocycles. The molecular formula is C14H17ClN4O. The van der Waals surface area contributed by atoms with E-state index in [1.807, 2.05) is 32.0 Å². The number of halogens is 1. The fourth-order valence-electron chi connectivity index (χ4n) is 1.75. The van der Waals surface area contributed by atoms with Crippen molar-refractivity contribution in [1.82, 2.24) is 9.97 Å². The van der Waals surface area contributed by atoms with Crippen molar-refractivity contribution >= 4 is 29.1 Å². The third-order valence-electron chi connectivity index (χ3n) is 2.69. The van der Waals surface area contributed by atoms with Crippen LogP contribution in [0.1, 0.15) is 12.5 Å². The maximum Gasteiger partial charge on any atom is 0.224 e. The molecule has 0 saturated heterocycles. The highest BCUT2D eigenvalue weighted by atomic mass is 35.5. The number of anilines is 3. The second-order valence-electron chi connectivity index (χ2n) is 4.25. The van der Waals surface area contributed by atoms with Crippen LogP contribution < -0.4 is 15.4 Å². The van der Waals surface area contributed by atoms with Gasteiger partial charge in [0.25, 0.3) is 0 Å². The fraction of sp³-hybridized carbons (Fsp3) is 0.286. The highest BCUT2D eigenvalue weighted by molar-refractivity contribution is 6.32. The summed E-state index contributed by atoms with van der Waals surface area (Å²) in [5.74, 6) is 1.81. The summed E-state index contributed by atoms with van der Waals surface area (Å²) in [7, 11) is 1.63. The largest absolute Gasteiger partial charge is 0.495 e. The van der Waals surface area contributed by atoms with Crippen LogP contribution in [0.5, 0.6) is 5.75 Å². The Balaban J connectivity index is 2.33. The van der Waals surface area contributed by atoms with Crippen LogP contribution in [-0.4, -0.2) is 23.6 Å². The summed E-state index contributed by atoms with van der Waals surface area (Å²) in [6, 6.07) is 5.86. The zero-order valence-electron chi connectivity index (χ0n) is 11.7. The zero-order valence-corrected chi connectivity index (χ0v) is 12.5. The van der Waals surface area contributed by atoms with Gasteiger partial charge >= 0.3 is 0 Å². The second-order valence-corrected chi connectivity index (χ2v) is 4.66. The third-order valence-corrected chi connectivity index (χ3v) is 2.96. The average molecular weight is 293 g/mol. The predicted molar refractivity (Wildman–Crippen MR) is 82.2 cm³/mol. The Hall–Kier alpha value is -2.01. The first-order chi connectivity index (χ1) is 9.63. The quantitative estimate of drug-likeness (QED) is 0.881. The first-order valence-corrected chi connectivity index (χ1v) is 6.70. The van der Waals surface area contributed by atoms with Crippen molar-refractivity contribution in [2.45, 2.75) is 13.8 Å². The van der Waals surface area contributed by atoms with E-state index in [-0.39, 0.29) is 0 Å². The summed E-state index contributed by atoms with van der Waals surface area (Å²) in [4.78, 5) is 8.45. The Morgan fingerprint density at radius 3 is 2.85 bits per heavy atom. The normalized spacial score (nSPS) is 10.2. The molecule has 1 aromatic carbocycles. The number of rotatable bonds is 5. The minimum Gasteiger partial charge on any atom is -0.495 e. The monoisotopic (exact) mass is 292 g/mol. The molecule has 0 unspecified atom stereocenters. The van der Waals surface area contributed by atoms with E-state index in [0.29, 0.717) is 16.8 Å². The molecule has 1 aromatic heterocycles. The van der Waals surface area contributed by atoms with E-state index in [0.717, 1.165) is 23.5 Å². The van der Waals surface area contributed by atoms with E-state index in [9.17, 15) is 0 Å². The smallest absolute Gasteiger partial charge is 0.224 e. The first kappa shape index (κ1) is 14.4. The van der Waals surface area contributed by atoms with Gasteiger partial charge in [-0.3, -0.25) is 0 Å². The number of methoxy groups -OCH3 is 1. The molecule has 0 aliphatic heterocycles. The molecular weight excluding hydrogens is 276 g/mol. The van der Waals surface area contributed by atoms with Crippen LogP contribution >= 0.6 is 11.6 Å². The second kappa shape index (κ2) is 6.43. The lowest BCUT2D eigenvalue weighted by Gasteiger charge is -2.13. The van der Waals surface area contributed by atoms with Gasteiger partial charge in [0.1, 0.15) is 10.8 Å². The molecule has 0 aliphatic rings. The summed E-state index contributed by atoms with van der Waals surface area (Å²) in [6.45, 7) is 4.74. The molecule has 2 N–H and O–H groups in total. The molecule has 0 bridgehead atoms. The summed E-state index contributed by atoms with van der Waals surface area (Å²) in [6.07, 6.45) is 1.57. The molecule has 2 rings (SSSR count). The lowest BCUT2D eigenvalue weighted by molar-refractivity contribution is 0.416. The number of ether oxygens (including phenoxy) is 1. The van der Waals surface area contributed by atoms with Crippen LogP contribution in [0, 0.1) is 6.92 Å². The number of nitrogens with one attached hydrogen (secondary N) is 2. The number of aryl methyl sites for hydroxylation is 1.